The maximum atomic E-state index is 12.3. The van der Waals surface area contributed by atoms with Crippen molar-refractivity contribution in [2.75, 3.05) is 26.6 Å². The lowest BCUT2D eigenvalue weighted by Gasteiger charge is -2.18. The molecule has 0 fully saturated rings. The minimum atomic E-state index is -0.552. The SMILES string of the molecule is C=C(C)C(=O)OCOc1ccc(OC(=O)/C=C/c2ccc(-c3ccc(OCC(COC(=O)C(=C)C)COC(=O)C(=C)C)cc3)cc2)cc1. The van der Waals surface area contributed by atoms with Gasteiger partial charge in [0, 0.05) is 22.8 Å². The molecule has 0 amide bonds. The highest BCUT2D eigenvalue weighted by molar-refractivity contribution is 5.89. The predicted molar refractivity (Wildman–Crippen MR) is 180 cm³/mol. The Morgan fingerprint density at radius 1 is 0.583 bits per heavy atom. The summed E-state index contributed by atoms with van der Waals surface area (Å²) >= 11 is 0. The highest BCUT2D eigenvalue weighted by atomic mass is 16.7. The molecule has 0 aromatic heterocycles. The Labute approximate surface area is 279 Å². The number of rotatable bonds is 17. The van der Waals surface area contributed by atoms with Gasteiger partial charge in [0.2, 0.25) is 6.79 Å². The normalized spacial score (nSPS) is 10.6. The maximum Gasteiger partial charge on any atom is 0.336 e. The second-order valence-electron chi connectivity index (χ2n) is 10.8. The molecule has 10 heteroatoms. The minimum Gasteiger partial charge on any atom is -0.493 e. The van der Waals surface area contributed by atoms with Gasteiger partial charge in [0.15, 0.2) is 0 Å². The van der Waals surface area contributed by atoms with Crippen LogP contribution >= 0.6 is 0 Å². The molecule has 0 aliphatic heterocycles. The number of esters is 4. The molecule has 0 spiro atoms. The number of benzene rings is 3. The molecular formula is C38H38O10. The molecule has 0 aliphatic rings. The van der Waals surface area contributed by atoms with E-state index in [9.17, 15) is 19.2 Å². The second-order valence-corrected chi connectivity index (χ2v) is 10.8. The zero-order chi connectivity index (χ0) is 35.1. The standard InChI is InChI=1S/C38H38O10/c1-25(2)36(40)44-22-29(23-45-37(41)26(3)4)21-43-32-14-12-31(13-15-32)30-10-7-28(8-11-30)9-20-35(39)48-34-18-16-33(17-19-34)46-24-47-38(42)27(5)6/h7-20,29H,1,3,5,21-24H2,2,4,6H3/b20-9+. The Bertz CT molecular complexity index is 1620. The van der Waals surface area contributed by atoms with Crippen molar-refractivity contribution in [1.29, 1.82) is 0 Å². The molecule has 0 bridgehead atoms. The van der Waals surface area contributed by atoms with Crippen molar-refractivity contribution in [2.24, 2.45) is 5.92 Å². The van der Waals surface area contributed by atoms with E-state index in [1.807, 2.05) is 48.5 Å². The van der Waals surface area contributed by atoms with Crippen molar-refractivity contribution >= 4 is 30.0 Å². The van der Waals surface area contributed by atoms with E-state index in [2.05, 4.69) is 19.7 Å². The van der Waals surface area contributed by atoms with Crippen LogP contribution in [0.15, 0.2) is 115 Å². The summed E-state index contributed by atoms with van der Waals surface area (Å²) in [6.07, 6.45) is 2.98. The van der Waals surface area contributed by atoms with Crippen LogP contribution in [0.1, 0.15) is 26.3 Å². The fourth-order valence-corrected chi connectivity index (χ4v) is 3.71. The van der Waals surface area contributed by atoms with E-state index in [1.54, 1.807) is 44.2 Å². The van der Waals surface area contributed by atoms with E-state index in [-0.39, 0.29) is 43.3 Å². The van der Waals surface area contributed by atoms with Crippen molar-refractivity contribution in [3.63, 3.8) is 0 Å². The van der Waals surface area contributed by atoms with Crippen LogP contribution in [0, 0.1) is 5.92 Å². The van der Waals surface area contributed by atoms with Crippen molar-refractivity contribution < 1.29 is 47.6 Å². The van der Waals surface area contributed by atoms with Crippen LogP contribution in [-0.2, 0) is 33.4 Å². The van der Waals surface area contributed by atoms with Gasteiger partial charge >= 0.3 is 23.9 Å². The largest absolute Gasteiger partial charge is 0.493 e. The molecular weight excluding hydrogens is 616 g/mol. The number of ether oxygens (including phenoxy) is 6. The molecule has 0 aliphatic carbocycles. The number of carbonyl (C=O) groups excluding carboxylic acids is 4. The van der Waals surface area contributed by atoms with Gasteiger partial charge in [-0.3, -0.25) is 0 Å². The van der Waals surface area contributed by atoms with Gasteiger partial charge in [-0.2, -0.15) is 0 Å². The first-order valence-corrected chi connectivity index (χ1v) is 14.8. The van der Waals surface area contributed by atoms with Gasteiger partial charge in [-0.25, -0.2) is 19.2 Å². The summed E-state index contributed by atoms with van der Waals surface area (Å²) in [5.41, 5.74) is 3.51. The summed E-state index contributed by atoms with van der Waals surface area (Å²) < 4.78 is 31.9. The predicted octanol–water partition coefficient (Wildman–Crippen LogP) is 6.66. The first-order valence-electron chi connectivity index (χ1n) is 14.8. The third-order valence-electron chi connectivity index (χ3n) is 6.40. The lowest BCUT2D eigenvalue weighted by atomic mass is 10.0. The fourth-order valence-electron chi connectivity index (χ4n) is 3.71. The molecule has 10 nitrogen and oxygen atoms in total. The fraction of sp³-hybridized carbons (Fsp3) is 0.211. The summed E-state index contributed by atoms with van der Waals surface area (Å²) in [6.45, 7) is 15.1. The first kappa shape index (κ1) is 36.6. The average molecular weight is 655 g/mol. The van der Waals surface area contributed by atoms with Gasteiger partial charge in [-0.1, -0.05) is 56.1 Å². The molecule has 48 heavy (non-hydrogen) atoms. The van der Waals surface area contributed by atoms with Crippen molar-refractivity contribution in [3.05, 3.63) is 121 Å². The van der Waals surface area contributed by atoms with Crippen LogP contribution in [0.4, 0.5) is 0 Å². The molecule has 0 radical (unpaired) electrons. The van der Waals surface area contributed by atoms with Gasteiger partial charge in [-0.15, -0.1) is 0 Å². The molecule has 3 aromatic carbocycles. The van der Waals surface area contributed by atoms with E-state index in [4.69, 9.17) is 28.4 Å². The maximum absolute atomic E-state index is 12.3. The van der Waals surface area contributed by atoms with E-state index < -0.39 is 29.8 Å². The minimum absolute atomic E-state index is 0.00787. The monoisotopic (exact) mass is 654 g/mol. The van der Waals surface area contributed by atoms with Crippen LogP contribution in [0.2, 0.25) is 0 Å². The molecule has 0 unspecified atom stereocenters. The van der Waals surface area contributed by atoms with E-state index in [1.165, 1.54) is 13.0 Å². The van der Waals surface area contributed by atoms with Gasteiger partial charge in [0.25, 0.3) is 0 Å². The van der Waals surface area contributed by atoms with Gasteiger partial charge in [0.1, 0.15) is 30.5 Å². The number of carbonyl (C=O) groups is 4. The summed E-state index contributed by atoms with van der Waals surface area (Å²) in [4.78, 5) is 47.4. The van der Waals surface area contributed by atoms with Crippen LogP contribution in [0.3, 0.4) is 0 Å². The zero-order valence-electron chi connectivity index (χ0n) is 27.2. The first-order chi connectivity index (χ1) is 22.9. The smallest absolute Gasteiger partial charge is 0.336 e. The van der Waals surface area contributed by atoms with Crippen LogP contribution in [0.25, 0.3) is 17.2 Å². The lowest BCUT2D eigenvalue weighted by molar-refractivity contribution is -0.146. The third kappa shape index (κ3) is 12.5. The summed E-state index contributed by atoms with van der Waals surface area (Å²) in [5, 5.41) is 0. The lowest BCUT2D eigenvalue weighted by Crippen LogP contribution is -2.26. The van der Waals surface area contributed by atoms with Crippen molar-refractivity contribution in [2.45, 2.75) is 20.8 Å². The molecule has 0 heterocycles. The van der Waals surface area contributed by atoms with Crippen molar-refractivity contribution in [1.82, 2.24) is 0 Å². The van der Waals surface area contributed by atoms with Crippen LogP contribution in [0.5, 0.6) is 17.2 Å². The van der Waals surface area contributed by atoms with E-state index in [0.29, 0.717) is 17.2 Å². The third-order valence-corrected chi connectivity index (χ3v) is 6.40. The van der Waals surface area contributed by atoms with Gasteiger partial charge in [-0.05, 0) is 79.9 Å². The van der Waals surface area contributed by atoms with E-state index >= 15 is 0 Å². The molecule has 0 atom stereocenters. The molecule has 3 rings (SSSR count). The van der Waals surface area contributed by atoms with Crippen LogP contribution < -0.4 is 14.2 Å². The highest BCUT2D eigenvalue weighted by Gasteiger charge is 2.17. The molecule has 250 valence electrons. The topological polar surface area (TPSA) is 124 Å². The quantitative estimate of drug-likeness (QED) is 0.0513. The Kier molecular flexibility index (Phi) is 13.9. The Morgan fingerprint density at radius 2 is 1.02 bits per heavy atom. The summed E-state index contributed by atoms with van der Waals surface area (Å²) in [7, 11) is 0. The Balaban J connectivity index is 1.50. The second kappa shape index (κ2) is 18.3. The molecule has 0 saturated heterocycles. The molecule has 0 N–H and O–H groups in total. The Hall–Kier alpha value is -5.90. The molecule has 3 aromatic rings. The van der Waals surface area contributed by atoms with E-state index in [0.717, 1.165) is 16.7 Å². The van der Waals surface area contributed by atoms with Crippen molar-refractivity contribution in [3.8, 4) is 28.4 Å². The molecule has 0 saturated carbocycles. The van der Waals surface area contributed by atoms with Gasteiger partial charge < -0.3 is 28.4 Å². The Morgan fingerprint density at radius 3 is 1.54 bits per heavy atom. The highest BCUT2D eigenvalue weighted by Crippen LogP contribution is 2.24. The van der Waals surface area contributed by atoms with Crippen LogP contribution in [-0.4, -0.2) is 50.5 Å². The number of hydrogen-bond acceptors (Lipinski definition) is 10. The summed E-state index contributed by atoms with van der Waals surface area (Å²) in [6, 6.07) is 21.3. The van der Waals surface area contributed by atoms with Gasteiger partial charge in [0.05, 0.1) is 12.5 Å². The average Bonchev–Trinajstić information content (AvgIpc) is 3.07. The zero-order valence-corrected chi connectivity index (χ0v) is 27.2. The summed E-state index contributed by atoms with van der Waals surface area (Å²) in [5.74, 6) is -1.22. The number of hydrogen-bond donors (Lipinski definition) is 0.